The maximum Gasteiger partial charge on any atom is 0.412 e. The van der Waals surface area contributed by atoms with Crippen LogP contribution in [0.1, 0.15) is 40.5 Å². The molecule has 2 amide bonds. The second-order valence-corrected chi connectivity index (χ2v) is 9.51. The van der Waals surface area contributed by atoms with Gasteiger partial charge >= 0.3 is 24.1 Å². The summed E-state index contributed by atoms with van der Waals surface area (Å²) < 4.78 is 20.4. The molecular formula is C23H31N5O8S. The number of anilines is 1. The van der Waals surface area contributed by atoms with Crippen molar-refractivity contribution in [3.63, 3.8) is 0 Å². The third-order valence-electron chi connectivity index (χ3n) is 4.25. The van der Waals surface area contributed by atoms with Gasteiger partial charge in [-0.2, -0.15) is 0 Å². The third kappa shape index (κ3) is 10.9. The number of unbranched alkanes of at least 4 members (excludes halogenated alkanes) is 1. The minimum atomic E-state index is -1.23. The average Bonchev–Trinajstić information content (AvgIpc) is 3.29. The van der Waals surface area contributed by atoms with Gasteiger partial charge in [0.1, 0.15) is 17.4 Å². The zero-order valence-electron chi connectivity index (χ0n) is 21.1. The fraction of sp³-hybridized carbons (Fsp3) is 0.478. The van der Waals surface area contributed by atoms with Crippen LogP contribution in [0.15, 0.2) is 33.9 Å². The molecule has 0 saturated carbocycles. The molecule has 0 saturated heterocycles. The van der Waals surface area contributed by atoms with Crippen molar-refractivity contribution < 1.29 is 37.8 Å². The van der Waals surface area contributed by atoms with Gasteiger partial charge in [0.15, 0.2) is 0 Å². The molecular weight excluding hydrogens is 506 g/mol. The van der Waals surface area contributed by atoms with E-state index in [1.807, 2.05) is 6.92 Å². The van der Waals surface area contributed by atoms with Crippen molar-refractivity contribution >= 4 is 41.6 Å². The maximum absolute atomic E-state index is 12.1. The van der Waals surface area contributed by atoms with Crippen molar-refractivity contribution in [1.29, 1.82) is 0 Å². The van der Waals surface area contributed by atoms with Crippen LogP contribution in [-0.4, -0.2) is 64.9 Å². The molecule has 0 fully saturated rings. The Bertz CT molecular complexity index is 1070. The van der Waals surface area contributed by atoms with Crippen LogP contribution in [0, 0.1) is 0 Å². The van der Waals surface area contributed by atoms with Gasteiger partial charge < -0.3 is 29.7 Å². The molecule has 0 aliphatic rings. The summed E-state index contributed by atoms with van der Waals surface area (Å²) in [5, 5.41) is 12.7. The van der Waals surface area contributed by atoms with Crippen molar-refractivity contribution in [2.45, 2.75) is 57.4 Å². The van der Waals surface area contributed by atoms with Crippen LogP contribution in [-0.2, 0) is 23.8 Å². The van der Waals surface area contributed by atoms with Gasteiger partial charge in [-0.3, -0.25) is 10.1 Å². The number of esters is 2. The molecule has 1 aromatic carbocycles. The van der Waals surface area contributed by atoms with E-state index in [1.165, 1.54) is 0 Å². The number of nitrogens with two attached hydrogens (primary N) is 1. The molecule has 4 N–H and O–H groups in total. The number of carbonyl (C=O) groups is 4. The number of amides is 2. The molecule has 202 valence electrons. The van der Waals surface area contributed by atoms with Gasteiger partial charge in [-0.05, 0) is 51.5 Å². The number of nitrogens with one attached hydrogen (secondary N) is 2. The van der Waals surface area contributed by atoms with E-state index in [2.05, 4.69) is 20.8 Å². The van der Waals surface area contributed by atoms with E-state index in [1.54, 1.807) is 45.0 Å². The Morgan fingerprint density at radius 2 is 1.81 bits per heavy atom. The monoisotopic (exact) mass is 537 g/mol. The molecule has 1 unspecified atom stereocenters. The first kappa shape index (κ1) is 29.6. The number of rotatable bonds is 11. The summed E-state index contributed by atoms with van der Waals surface area (Å²) in [5.41, 5.74) is 5.96. The van der Waals surface area contributed by atoms with Crippen molar-refractivity contribution in [1.82, 2.24) is 15.5 Å². The number of carbonyl (C=O) groups excluding carboxylic acids is 4. The minimum absolute atomic E-state index is 0.0726. The highest BCUT2D eigenvalue weighted by molar-refractivity contribution is 7.99. The topological polar surface area (TPSA) is 185 Å². The Balaban J connectivity index is 1.83. The summed E-state index contributed by atoms with van der Waals surface area (Å²) in [6.07, 6.45) is 0.106. The predicted octanol–water partition coefficient (Wildman–Crippen LogP) is 3.10. The molecule has 0 spiro atoms. The largest absolute Gasteiger partial charge is 0.450 e. The van der Waals surface area contributed by atoms with Crippen molar-refractivity contribution in [3.8, 4) is 11.5 Å². The van der Waals surface area contributed by atoms with Crippen LogP contribution in [0.5, 0.6) is 0 Å². The summed E-state index contributed by atoms with van der Waals surface area (Å²) in [7, 11) is 0. The van der Waals surface area contributed by atoms with Crippen molar-refractivity contribution in [2.24, 2.45) is 5.73 Å². The normalized spacial score (nSPS) is 11.8. The van der Waals surface area contributed by atoms with E-state index in [4.69, 9.17) is 24.4 Å². The van der Waals surface area contributed by atoms with Crippen LogP contribution in [0.4, 0.5) is 15.3 Å². The van der Waals surface area contributed by atoms with Crippen LogP contribution >= 0.6 is 11.8 Å². The van der Waals surface area contributed by atoms with Crippen molar-refractivity contribution in [3.05, 3.63) is 24.3 Å². The Labute approximate surface area is 218 Å². The van der Waals surface area contributed by atoms with E-state index in [-0.39, 0.29) is 30.0 Å². The highest BCUT2D eigenvalue weighted by Gasteiger charge is 2.24. The lowest BCUT2D eigenvalue weighted by atomic mass is 10.2. The first-order valence-electron chi connectivity index (χ1n) is 11.4. The number of hydrogen-bond acceptors (Lipinski definition) is 12. The smallest absolute Gasteiger partial charge is 0.412 e. The zero-order chi connectivity index (χ0) is 27.4. The molecule has 13 nitrogen and oxygen atoms in total. The standard InChI is InChI=1S/C23H31N5O8S/c1-5-6-11-33-20(31)26-16(12-24)19(30)34-17(29)13-37-22-28-27-18(35-22)14-7-9-15(10-8-14)25-21(32)36-23(2,3)4/h7-10,16H,5-6,11-13,24H2,1-4H3,(H,25,32)(H,26,31). The molecule has 2 aromatic rings. The molecule has 1 heterocycles. The van der Waals surface area contributed by atoms with E-state index >= 15 is 0 Å². The molecule has 2 rings (SSSR count). The van der Waals surface area contributed by atoms with Crippen molar-refractivity contribution in [2.75, 3.05) is 24.2 Å². The number of hydrogen-bond donors (Lipinski definition) is 3. The Morgan fingerprint density at radius 1 is 1.11 bits per heavy atom. The Hall–Kier alpha value is -3.65. The number of ether oxygens (including phenoxy) is 3. The highest BCUT2D eigenvalue weighted by Crippen LogP contribution is 2.24. The summed E-state index contributed by atoms with van der Waals surface area (Å²) in [6, 6.07) is 5.37. The van der Waals surface area contributed by atoms with E-state index in [0.29, 0.717) is 17.7 Å². The van der Waals surface area contributed by atoms with E-state index < -0.39 is 35.8 Å². The lowest BCUT2D eigenvalue weighted by Crippen LogP contribution is -2.47. The Kier molecular flexibility index (Phi) is 11.3. The number of benzene rings is 1. The molecule has 1 atom stereocenters. The fourth-order valence-electron chi connectivity index (χ4n) is 2.54. The third-order valence-corrected chi connectivity index (χ3v) is 5.05. The summed E-state index contributed by atoms with van der Waals surface area (Å²) >= 11 is 0.866. The molecule has 0 bridgehead atoms. The second kappa shape index (κ2) is 14.2. The van der Waals surface area contributed by atoms with Crippen LogP contribution in [0.3, 0.4) is 0 Å². The molecule has 1 aromatic heterocycles. The van der Waals surface area contributed by atoms with Gasteiger partial charge in [0.2, 0.25) is 5.89 Å². The van der Waals surface area contributed by atoms with Gasteiger partial charge in [-0.1, -0.05) is 25.1 Å². The van der Waals surface area contributed by atoms with Crippen LogP contribution in [0.2, 0.25) is 0 Å². The van der Waals surface area contributed by atoms with Gasteiger partial charge in [0.05, 0.1) is 6.61 Å². The quantitative estimate of drug-likeness (QED) is 0.125. The summed E-state index contributed by atoms with van der Waals surface area (Å²) in [5.74, 6) is -2.01. The predicted molar refractivity (Wildman–Crippen MR) is 134 cm³/mol. The van der Waals surface area contributed by atoms with Gasteiger partial charge in [-0.15, -0.1) is 10.2 Å². The Morgan fingerprint density at radius 3 is 2.43 bits per heavy atom. The SMILES string of the molecule is CCCCOC(=O)NC(CN)C(=O)OC(=O)CSc1nnc(-c2ccc(NC(=O)OC(C)(C)C)cc2)o1. The summed E-state index contributed by atoms with van der Waals surface area (Å²) in [4.78, 5) is 47.7. The second-order valence-electron chi connectivity index (χ2n) is 8.58. The van der Waals surface area contributed by atoms with Gasteiger partial charge in [0, 0.05) is 17.8 Å². The number of aromatic nitrogens is 2. The van der Waals surface area contributed by atoms with Gasteiger partial charge in [0.25, 0.3) is 5.22 Å². The average molecular weight is 538 g/mol. The van der Waals surface area contributed by atoms with Gasteiger partial charge in [-0.25, -0.2) is 14.4 Å². The number of alkyl carbamates (subject to hydrolysis) is 1. The first-order valence-corrected chi connectivity index (χ1v) is 12.4. The van der Waals surface area contributed by atoms with E-state index in [9.17, 15) is 19.2 Å². The summed E-state index contributed by atoms with van der Waals surface area (Å²) in [6.45, 7) is 7.15. The molecule has 0 radical (unpaired) electrons. The van der Waals surface area contributed by atoms with E-state index in [0.717, 1.165) is 18.2 Å². The number of nitrogens with zero attached hydrogens (tertiary/aromatic N) is 2. The first-order chi connectivity index (χ1) is 17.5. The lowest BCUT2D eigenvalue weighted by Gasteiger charge is -2.19. The lowest BCUT2D eigenvalue weighted by molar-refractivity contribution is -0.159. The molecule has 0 aliphatic carbocycles. The molecule has 0 aliphatic heterocycles. The fourth-order valence-corrected chi connectivity index (χ4v) is 3.08. The number of thioether (sulfide) groups is 1. The molecule has 14 heteroatoms. The minimum Gasteiger partial charge on any atom is -0.450 e. The maximum atomic E-state index is 12.1. The molecule has 37 heavy (non-hydrogen) atoms. The zero-order valence-corrected chi connectivity index (χ0v) is 21.9. The van der Waals surface area contributed by atoms with Crippen LogP contribution < -0.4 is 16.4 Å². The highest BCUT2D eigenvalue weighted by atomic mass is 32.2. The van der Waals surface area contributed by atoms with Crippen LogP contribution in [0.25, 0.3) is 11.5 Å².